The number of amides is 1. The lowest BCUT2D eigenvalue weighted by Crippen LogP contribution is -2.29. The molecule has 0 atom stereocenters. The topological polar surface area (TPSA) is 29.1 Å². The summed E-state index contributed by atoms with van der Waals surface area (Å²) < 4.78 is 35.0. The fraction of sp³-hybridized carbons (Fsp3) is 0.800. The van der Waals surface area contributed by atoms with Crippen LogP contribution in [0.3, 0.4) is 0 Å². The maximum atomic E-state index is 11.5. The lowest BCUT2D eigenvalue weighted by molar-refractivity contribution is -0.153. The van der Waals surface area contributed by atoms with Crippen LogP contribution in [0.5, 0.6) is 0 Å². The molecule has 0 unspecified atom stereocenters. The smallest absolute Gasteiger partial charge is 0.355 e. The molecule has 0 bridgehead atoms. The van der Waals surface area contributed by atoms with E-state index in [4.69, 9.17) is 0 Å². The van der Waals surface area contributed by atoms with Crippen molar-refractivity contribution < 1.29 is 18.0 Å². The molecule has 0 aromatic rings. The molecule has 0 saturated carbocycles. The van der Waals surface area contributed by atoms with Crippen LogP contribution in [0, 0.1) is 0 Å². The van der Waals surface area contributed by atoms with Crippen LogP contribution < -0.4 is 5.32 Å². The Kier molecular flexibility index (Phi) is 4.78. The van der Waals surface area contributed by atoms with Crippen LogP contribution in [-0.4, -0.2) is 23.1 Å². The molecule has 0 rings (SSSR count). The number of halogens is 4. The maximum absolute atomic E-state index is 11.5. The molecule has 0 saturated heterocycles. The Hall–Kier alpha value is -0.0100. The minimum atomic E-state index is -4.39. The molecule has 1 amide bonds. The second-order valence-electron chi connectivity index (χ2n) is 1.83. The van der Waals surface area contributed by atoms with E-state index in [1.54, 1.807) is 0 Å². The molecule has 0 aromatic heterocycles. The molecule has 11 heavy (non-hydrogen) atoms. The largest absolute Gasteiger partial charge is 0.397 e. The third-order valence-electron chi connectivity index (χ3n) is 0.778. The summed E-state index contributed by atoms with van der Waals surface area (Å²) in [6.45, 7) is 0.287. The standard InChI is InChI=1S/C5H7F3INO/c6-5(7,8)3-4(11)10-2-1-9/h1-3H2,(H,10,11). The first-order valence-corrected chi connectivity index (χ1v) is 4.37. The van der Waals surface area contributed by atoms with Gasteiger partial charge in [0.15, 0.2) is 0 Å². The van der Waals surface area contributed by atoms with Gasteiger partial charge < -0.3 is 5.32 Å². The van der Waals surface area contributed by atoms with Gasteiger partial charge in [-0.15, -0.1) is 0 Å². The normalized spacial score (nSPS) is 11.3. The summed E-state index contributed by atoms with van der Waals surface area (Å²) in [6, 6.07) is 0. The van der Waals surface area contributed by atoms with E-state index in [1.807, 2.05) is 22.6 Å². The molecule has 0 aliphatic carbocycles. The molecular formula is C5H7F3INO. The van der Waals surface area contributed by atoms with Crippen molar-refractivity contribution in [2.24, 2.45) is 0 Å². The monoisotopic (exact) mass is 281 g/mol. The average molecular weight is 281 g/mol. The second kappa shape index (κ2) is 4.78. The lowest BCUT2D eigenvalue weighted by Gasteiger charge is -2.05. The van der Waals surface area contributed by atoms with Crippen molar-refractivity contribution in [3.05, 3.63) is 0 Å². The fourth-order valence-electron chi connectivity index (χ4n) is 0.431. The van der Waals surface area contributed by atoms with Crippen LogP contribution in [0.1, 0.15) is 6.42 Å². The maximum Gasteiger partial charge on any atom is 0.397 e. The Bertz CT molecular complexity index is 136. The minimum absolute atomic E-state index is 0.287. The number of carbonyl (C=O) groups excluding carboxylic acids is 1. The number of hydrogen-bond donors (Lipinski definition) is 1. The van der Waals surface area contributed by atoms with Crippen LogP contribution in [-0.2, 0) is 4.79 Å². The van der Waals surface area contributed by atoms with Gasteiger partial charge in [0, 0.05) is 11.0 Å². The van der Waals surface area contributed by atoms with Gasteiger partial charge in [0.05, 0.1) is 0 Å². The Labute approximate surface area is 75.7 Å². The van der Waals surface area contributed by atoms with E-state index >= 15 is 0 Å². The van der Waals surface area contributed by atoms with Gasteiger partial charge in [0.2, 0.25) is 5.91 Å². The van der Waals surface area contributed by atoms with E-state index in [-0.39, 0.29) is 6.54 Å². The van der Waals surface area contributed by atoms with Crippen LogP contribution in [0.15, 0.2) is 0 Å². The van der Waals surface area contributed by atoms with E-state index in [9.17, 15) is 18.0 Å². The van der Waals surface area contributed by atoms with Crippen molar-refractivity contribution in [3.8, 4) is 0 Å². The summed E-state index contributed by atoms with van der Waals surface area (Å²) >= 11 is 1.96. The zero-order valence-corrected chi connectivity index (χ0v) is 7.70. The van der Waals surface area contributed by atoms with E-state index < -0.39 is 18.5 Å². The fourth-order valence-corrected chi connectivity index (χ4v) is 0.701. The summed E-state index contributed by atoms with van der Waals surface area (Å²) in [4.78, 5) is 10.4. The molecule has 1 N–H and O–H groups in total. The molecule has 6 heteroatoms. The summed E-state index contributed by atoms with van der Waals surface area (Å²) in [6.07, 6.45) is -5.78. The second-order valence-corrected chi connectivity index (χ2v) is 2.91. The van der Waals surface area contributed by atoms with Crippen molar-refractivity contribution in [1.29, 1.82) is 0 Å². The first kappa shape index (κ1) is 11.0. The number of hydrogen-bond acceptors (Lipinski definition) is 1. The third kappa shape index (κ3) is 7.89. The highest BCUT2D eigenvalue weighted by Gasteiger charge is 2.30. The zero-order valence-electron chi connectivity index (χ0n) is 5.54. The Morgan fingerprint density at radius 2 is 2.00 bits per heavy atom. The molecular weight excluding hydrogens is 274 g/mol. The van der Waals surface area contributed by atoms with Crippen molar-refractivity contribution >= 4 is 28.5 Å². The molecule has 0 spiro atoms. The molecule has 0 aliphatic heterocycles. The highest BCUT2D eigenvalue weighted by atomic mass is 127. The molecule has 0 aromatic carbocycles. The van der Waals surface area contributed by atoms with E-state index in [1.165, 1.54) is 0 Å². The number of nitrogens with one attached hydrogen (secondary N) is 1. The van der Waals surface area contributed by atoms with E-state index in [0.29, 0.717) is 4.43 Å². The van der Waals surface area contributed by atoms with Gasteiger partial charge in [-0.1, -0.05) is 22.6 Å². The van der Waals surface area contributed by atoms with Gasteiger partial charge in [-0.2, -0.15) is 13.2 Å². The molecule has 0 heterocycles. The van der Waals surface area contributed by atoms with Gasteiger partial charge in [-0.3, -0.25) is 4.79 Å². The van der Waals surface area contributed by atoms with Crippen LogP contribution in [0.2, 0.25) is 0 Å². The minimum Gasteiger partial charge on any atom is -0.355 e. The van der Waals surface area contributed by atoms with Crippen molar-refractivity contribution in [1.82, 2.24) is 5.32 Å². The predicted octanol–water partition coefficient (Wildman–Crippen LogP) is 1.49. The molecule has 66 valence electrons. The van der Waals surface area contributed by atoms with Gasteiger partial charge in [-0.25, -0.2) is 0 Å². The van der Waals surface area contributed by atoms with E-state index in [2.05, 4.69) is 5.32 Å². The van der Waals surface area contributed by atoms with Gasteiger partial charge in [0.1, 0.15) is 6.42 Å². The summed E-state index contributed by atoms with van der Waals surface area (Å²) in [5.41, 5.74) is 0. The van der Waals surface area contributed by atoms with Crippen LogP contribution in [0.4, 0.5) is 13.2 Å². The van der Waals surface area contributed by atoms with Gasteiger partial charge in [-0.05, 0) is 0 Å². The van der Waals surface area contributed by atoms with Crippen molar-refractivity contribution in [2.75, 3.05) is 11.0 Å². The Balaban J connectivity index is 3.53. The number of alkyl halides is 4. The van der Waals surface area contributed by atoms with E-state index in [0.717, 1.165) is 0 Å². The average Bonchev–Trinajstić information content (AvgIpc) is 1.79. The third-order valence-corrected chi connectivity index (χ3v) is 1.32. The Morgan fingerprint density at radius 1 is 1.45 bits per heavy atom. The Morgan fingerprint density at radius 3 is 2.36 bits per heavy atom. The lowest BCUT2D eigenvalue weighted by atomic mass is 10.4. The number of rotatable bonds is 3. The van der Waals surface area contributed by atoms with Crippen LogP contribution in [0.25, 0.3) is 0 Å². The van der Waals surface area contributed by atoms with Crippen molar-refractivity contribution in [3.63, 3.8) is 0 Å². The highest BCUT2D eigenvalue weighted by Crippen LogP contribution is 2.18. The first-order valence-electron chi connectivity index (χ1n) is 2.85. The quantitative estimate of drug-likeness (QED) is 0.616. The predicted molar refractivity (Wildman–Crippen MR) is 42.6 cm³/mol. The van der Waals surface area contributed by atoms with Crippen molar-refractivity contribution in [2.45, 2.75) is 12.6 Å². The zero-order chi connectivity index (χ0) is 8.91. The highest BCUT2D eigenvalue weighted by molar-refractivity contribution is 14.1. The number of carbonyl (C=O) groups is 1. The molecule has 2 nitrogen and oxygen atoms in total. The summed E-state index contributed by atoms with van der Waals surface area (Å²) in [5, 5.41) is 2.12. The van der Waals surface area contributed by atoms with Gasteiger partial charge in [0.25, 0.3) is 0 Å². The summed E-state index contributed by atoms with van der Waals surface area (Å²) in [5.74, 6) is -0.964. The SMILES string of the molecule is O=C(CC(F)(F)F)NCCI. The molecule has 0 fully saturated rings. The van der Waals surface area contributed by atoms with Gasteiger partial charge >= 0.3 is 6.18 Å². The van der Waals surface area contributed by atoms with Crippen LogP contribution >= 0.6 is 22.6 Å². The first-order chi connectivity index (χ1) is 4.95. The molecule has 0 aliphatic rings. The summed E-state index contributed by atoms with van der Waals surface area (Å²) in [7, 11) is 0. The molecule has 0 radical (unpaired) electrons.